The highest BCUT2D eigenvalue weighted by Gasteiger charge is 2.53. The lowest BCUT2D eigenvalue weighted by molar-refractivity contribution is -0.184. The molecule has 0 atom stereocenters. The number of ketones is 2. The first-order valence-corrected chi connectivity index (χ1v) is 9.48. The number of ether oxygens (including phenoxy) is 2. The first kappa shape index (κ1) is 22.0. The van der Waals surface area contributed by atoms with Gasteiger partial charge in [-0.3, -0.25) is 9.59 Å². The van der Waals surface area contributed by atoms with Gasteiger partial charge in [0.15, 0.2) is 23.2 Å². The van der Waals surface area contributed by atoms with Gasteiger partial charge in [-0.25, -0.2) is 8.78 Å². The Morgan fingerprint density at radius 2 is 1.60 bits per heavy atom. The average molecular weight is 421 g/mol. The summed E-state index contributed by atoms with van der Waals surface area (Å²) in [5, 5.41) is 0. The van der Waals surface area contributed by atoms with Gasteiger partial charge in [-0.1, -0.05) is 13.0 Å². The van der Waals surface area contributed by atoms with Gasteiger partial charge >= 0.3 is 0 Å². The van der Waals surface area contributed by atoms with E-state index in [2.05, 4.69) is 4.98 Å². The fourth-order valence-corrected chi connectivity index (χ4v) is 3.67. The van der Waals surface area contributed by atoms with Crippen LogP contribution in [0.3, 0.4) is 0 Å². The fraction of sp³-hybridized carbons (Fsp3) is 0.409. The van der Waals surface area contributed by atoms with E-state index in [0.29, 0.717) is 18.1 Å². The van der Waals surface area contributed by atoms with E-state index in [1.54, 1.807) is 33.8 Å². The zero-order valence-corrected chi connectivity index (χ0v) is 17.3. The van der Waals surface area contributed by atoms with E-state index in [-0.39, 0.29) is 5.75 Å². The molecule has 0 unspecified atom stereocenters. The monoisotopic (exact) mass is 421 g/mol. The van der Waals surface area contributed by atoms with Crippen molar-refractivity contribution in [3.05, 3.63) is 53.0 Å². The van der Waals surface area contributed by atoms with Crippen molar-refractivity contribution in [2.75, 3.05) is 0 Å². The molecule has 0 radical (unpaired) electrons. The zero-order valence-electron chi connectivity index (χ0n) is 17.3. The van der Waals surface area contributed by atoms with Crippen molar-refractivity contribution in [3.63, 3.8) is 0 Å². The Morgan fingerprint density at radius 1 is 1.00 bits per heavy atom. The molecule has 1 fully saturated rings. The summed E-state index contributed by atoms with van der Waals surface area (Å²) in [6, 6.07) is 4.88. The van der Waals surface area contributed by atoms with Crippen molar-refractivity contribution < 1.29 is 32.2 Å². The number of Topliss-reactive ketones (excluding diaryl/α,β-unsaturated/α-hetero) is 2. The molecule has 1 aliphatic rings. The van der Waals surface area contributed by atoms with Gasteiger partial charge in [-0.15, -0.1) is 0 Å². The van der Waals surface area contributed by atoms with E-state index in [1.807, 2.05) is 6.92 Å². The molecule has 160 valence electrons. The van der Waals surface area contributed by atoms with Gasteiger partial charge in [0.05, 0.1) is 0 Å². The maximum absolute atomic E-state index is 13.9. The third-order valence-corrected chi connectivity index (χ3v) is 5.10. The second-order valence-electron chi connectivity index (χ2n) is 8.15. The van der Waals surface area contributed by atoms with Crippen LogP contribution in [0, 0.1) is 17.6 Å². The first-order chi connectivity index (χ1) is 13.9. The predicted octanol–water partition coefficient (Wildman–Crippen LogP) is 4.66. The smallest absolute Gasteiger partial charge is 0.258 e. The number of aromatic nitrogens is 1. The van der Waals surface area contributed by atoms with Crippen LogP contribution in [0.4, 0.5) is 13.2 Å². The second kappa shape index (κ2) is 7.50. The maximum atomic E-state index is 13.9. The lowest BCUT2D eigenvalue weighted by Gasteiger charge is -2.43. The number of carbonyl (C=O) groups excluding carboxylic acids is 2. The highest BCUT2D eigenvalue weighted by atomic mass is 19.2. The molecule has 1 aliphatic heterocycles. The molecule has 2 aromatic rings. The molecular weight excluding hydrogens is 399 g/mol. The SMILES string of the molecule is CCc1ccc(Oc2nc(F)c(F)cc2F)cc1C1C(=O)C(C)(C)OC(C)(C)C1=O. The van der Waals surface area contributed by atoms with Gasteiger partial charge in [0.2, 0.25) is 0 Å². The summed E-state index contributed by atoms with van der Waals surface area (Å²) in [6.45, 7) is 8.26. The van der Waals surface area contributed by atoms with Crippen LogP contribution in [0.25, 0.3) is 0 Å². The van der Waals surface area contributed by atoms with E-state index >= 15 is 0 Å². The molecule has 0 N–H and O–H groups in total. The lowest BCUT2D eigenvalue weighted by Crippen LogP contribution is -2.58. The molecule has 30 heavy (non-hydrogen) atoms. The normalized spacial score (nSPS) is 18.5. The molecule has 8 heteroatoms. The number of nitrogens with zero attached hydrogens (tertiary/aromatic N) is 1. The number of aryl methyl sites for hydroxylation is 1. The maximum Gasteiger partial charge on any atom is 0.258 e. The van der Waals surface area contributed by atoms with Gasteiger partial charge in [-0.2, -0.15) is 9.37 Å². The van der Waals surface area contributed by atoms with Crippen molar-refractivity contribution in [1.29, 1.82) is 0 Å². The molecule has 1 saturated heterocycles. The Balaban J connectivity index is 2.08. The van der Waals surface area contributed by atoms with Gasteiger partial charge < -0.3 is 9.47 Å². The largest absolute Gasteiger partial charge is 0.436 e. The van der Waals surface area contributed by atoms with Crippen molar-refractivity contribution in [3.8, 4) is 11.6 Å². The summed E-state index contributed by atoms with van der Waals surface area (Å²) in [7, 11) is 0. The summed E-state index contributed by atoms with van der Waals surface area (Å²) in [5.41, 5.74) is -1.27. The van der Waals surface area contributed by atoms with E-state index in [4.69, 9.17) is 9.47 Å². The van der Waals surface area contributed by atoms with Gasteiger partial charge in [0.1, 0.15) is 22.9 Å². The number of carbonyl (C=O) groups is 2. The average Bonchev–Trinajstić information content (AvgIpc) is 2.64. The lowest BCUT2D eigenvalue weighted by atomic mass is 9.73. The minimum atomic E-state index is -1.50. The molecule has 2 heterocycles. The van der Waals surface area contributed by atoms with Gasteiger partial charge in [0, 0.05) is 6.07 Å². The van der Waals surface area contributed by atoms with Crippen molar-refractivity contribution in [1.82, 2.24) is 4.98 Å². The van der Waals surface area contributed by atoms with E-state index in [0.717, 1.165) is 5.56 Å². The second-order valence-corrected chi connectivity index (χ2v) is 8.15. The summed E-state index contributed by atoms with van der Waals surface area (Å²) in [6.07, 6.45) is 0.520. The molecular formula is C22H22F3NO4. The molecule has 0 spiro atoms. The van der Waals surface area contributed by atoms with Crippen LogP contribution < -0.4 is 4.74 Å². The molecule has 0 bridgehead atoms. The highest BCUT2D eigenvalue weighted by Crippen LogP contribution is 2.41. The van der Waals surface area contributed by atoms with E-state index in [9.17, 15) is 22.8 Å². The number of halogens is 3. The molecule has 0 aliphatic carbocycles. The number of rotatable bonds is 4. The molecule has 5 nitrogen and oxygen atoms in total. The van der Waals surface area contributed by atoms with E-state index in [1.165, 1.54) is 12.1 Å². The highest BCUT2D eigenvalue weighted by molar-refractivity contribution is 6.15. The number of hydrogen-bond acceptors (Lipinski definition) is 5. The summed E-state index contributed by atoms with van der Waals surface area (Å²) >= 11 is 0. The Bertz CT molecular complexity index is 1010. The first-order valence-electron chi connectivity index (χ1n) is 9.48. The van der Waals surface area contributed by atoms with Crippen LogP contribution in [0.2, 0.25) is 0 Å². The Kier molecular flexibility index (Phi) is 5.49. The number of benzene rings is 1. The van der Waals surface area contributed by atoms with Crippen molar-refractivity contribution in [2.45, 2.75) is 58.2 Å². The molecule has 3 rings (SSSR count). The van der Waals surface area contributed by atoms with Crippen molar-refractivity contribution >= 4 is 11.6 Å². The van der Waals surface area contributed by atoms with Crippen LogP contribution in [0.1, 0.15) is 51.7 Å². The Morgan fingerprint density at radius 3 is 2.17 bits per heavy atom. The molecule has 0 amide bonds. The molecule has 0 saturated carbocycles. The van der Waals surface area contributed by atoms with Crippen LogP contribution in [0.15, 0.2) is 24.3 Å². The third-order valence-electron chi connectivity index (χ3n) is 5.10. The molecule has 1 aromatic heterocycles. The van der Waals surface area contributed by atoms with Crippen LogP contribution in [0.5, 0.6) is 11.6 Å². The number of hydrogen-bond donors (Lipinski definition) is 0. The predicted molar refractivity (Wildman–Crippen MR) is 102 cm³/mol. The van der Waals surface area contributed by atoms with E-state index < -0.39 is 52.1 Å². The van der Waals surface area contributed by atoms with Crippen LogP contribution >= 0.6 is 0 Å². The quantitative estimate of drug-likeness (QED) is 0.531. The topological polar surface area (TPSA) is 65.5 Å². The summed E-state index contributed by atoms with van der Waals surface area (Å²) in [5.74, 6) is -6.77. The van der Waals surface area contributed by atoms with Gasteiger partial charge in [0.25, 0.3) is 11.8 Å². The minimum absolute atomic E-state index is 0.0299. The van der Waals surface area contributed by atoms with Crippen molar-refractivity contribution in [2.24, 2.45) is 0 Å². The number of pyridine rings is 1. The van der Waals surface area contributed by atoms with Crippen LogP contribution in [-0.2, 0) is 20.7 Å². The zero-order chi connectivity index (χ0) is 22.4. The summed E-state index contributed by atoms with van der Waals surface area (Å²) in [4.78, 5) is 29.3. The standard InChI is InChI=1S/C22H22F3NO4/c1-6-11-7-8-12(29-20-15(24)10-14(23)19(25)26-20)9-13(11)16-17(27)21(2,3)30-22(4,5)18(16)28/h7-10,16H,6H2,1-5H3. The Labute approximate surface area is 172 Å². The summed E-state index contributed by atoms with van der Waals surface area (Å²) < 4.78 is 51.4. The fourth-order valence-electron chi connectivity index (χ4n) is 3.67. The van der Waals surface area contributed by atoms with Crippen LogP contribution in [-0.4, -0.2) is 27.8 Å². The third kappa shape index (κ3) is 3.84. The minimum Gasteiger partial charge on any atom is -0.436 e. The van der Waals surface area contributed by atoms with Gasteiger partial charge in [-0.05, 0) is 57.4 Å². The molecule has 1 aromatic carbocycles. The Hall–Kier alpha value is -2.74.